The van der Waals surface area contributed by atoms with Gasteiger partial charge in [-0.05, 0) is 36.4 Å². The van der Waals surface area contributed by atoms with Crippen molar-refractivity contribution in [1.82, 2.24) is 19.1 Å². The predicted molar refractivity (Wildman–Crippen MR) is 133 cm³/mol. The molecule has 1 amide bonds. The summed E-state index contributed by atoms with van der Waals surface area (Å²) in [5.74, 6) is -0.359. The normalized spacial score (nSPS) is 15.4. The van der Waals surface area contributed by atoms with E-state index in [-0.39, 0.29) is 16.5 Å². The Morgan fingerprint density at radius 2 is 1.44 bits per heavy atom. The Kier molecular flexibility index (Phi) is 7.47. The number of aryl methyl sites for hydroxylation is 1. The second kappa shape index (κ2) is 10.5. The van der Waals surface area contributed by atoms with Crippen molar-refractivity contribution in [1.29, 1.82) is 0 Å². The van der Waals surface area contributed by atoms with E-state index in [4.69, 9.17) is 0 Å². The van der Waals surface area contributed by atoms with Crippen LogP contribution in [0.5, 0.6) is 0 Å². The molecule has 1 fully saturated rings. The van der Waals surface area contributed by atoms with Gasteiger partial charge in [0.25, 0.3) is 5.91 Å². The minimum Gasteiger partial charge on any atom is -0.345 e. The second-order valence-electron chi connectivity index (χ2n) is 8.57. The molecular formula is C25H31N5O3S. The summed E-state index contributed by atoms with van der Waals surface area (Å²) >= 11 is 0. The van der Waals surface area contributed by atoms with Crippen LogP contribution in [0.15, 0.2) is 71.8 Å². The van der Waals surface area contributed by atoms with Gasteiger partial charge in [0, 0.05) is 58.2 Å². The smallest absolute Gasteiger partial charge is 0.272 e. The van der Waals surface area contributed by atoms with Crippen molar-refractivity contribution in [3.8, 4) is 0 Å². The van der Waals surface area contributed by atoms with Crippen molar-refractivity contribution in [3.63, 3.8) is 0 Å². The molecule has 1 aromatic heterocycles. The van der Waals surface area contributed by atoms with E-state index in [1.165, 1.54) is 35.0 Å². The summed E-state index contributed by atoms with van der Waals surface area (Å²) in [4.78, 5) is 17.7. The van der Waals surface area contributed by atoms with Gasteiger partial charge in [0.2, 0.25) is 10.0 Å². The molecule has 0 unspecified atom stereocenters. The first kappa shape index (κ1) is 24.2. The molecule has 0 spiro atoms. The van der Waals surface area contributed by atoms with E-state index in [2.05, 4.69) is 44.1 Å². The lowest BCUT2D eigenvalue weighted by atomic mass is 10.1. The van der Waals surface area contributed by atoms with Crippen LogP contribution in [0, 0.1) is 0 Å². The van der Waals surface area contributed by atoms with E-state index in [9.17, 15) is 13.2 Å². The summed E-state index contributed by atoms with van der Waals surface area (Å²) in [7, 11) is -0.617. The van der Waals surface area contributed by atoms with Crippen molar-refractivity contribution in [3.05, 3.63) is 83.7 Å². The van der Waals surface area contributed by atoms with Gasteiger partial charge >= 0.3 is 0 Å². The van der Waals surface area contributed by atoms with E-state index in [0.717, 1.165) is 39.3 Å². The van der Waals surface area contributed by atoms with E-state index >= 15 is 0 Å². The molecule has 2 N–H and O–H groups in total. The largest absolute Gasteiger partial charge is 0.345 e. The molecule has 9 heteroatoms. The number of nitrogens with zero attached hydrogens (tertiary/aromatic N) is 3. The summed E-state index contributed by atoms with van der Waals surface area (Å²) in [6.07, 6.45) is 1.42. The van der Waals surface area contributed by atoms with E-state index in [0.29, 0.717) is 5.69 Å². The number of hydrogen-bond donors (Lipinski definition) is 2. The zero-order valence-electron chi connectivity index (χ0n) is 19.6. The number of nitrogens with one attached hydrogen (secondary N) is 2. The molecule has 0 bridgehead atoms. The van der Waals surface area contributed by atoms with Crippen LogP contribution in [0.3, 0.4) is 0 Å². The van der Waals surface area contributed by atoms with Gasteiger partial charge in [-0.25, -0.2) is 13.1 Å². The summed E-state index contributed by atoms with van der Waals surface area (Å²) in [6, 6.07) is 19.7. The highest BCUT2D eigenvalue weighted by Gasteiger charge is 2.20. The maximum atomic E-state index is 12.7. The highest BCUT2D eigenvalue weighted by Crippen LogP contribution is 2.17. The monoisotopic (exact) mass is 481 g/mol. The molecule has 1 aliphatic rings. The topological polar surface area (TPSA) is 86.7 Å². The van der Waals surface area contributed by atoms with Crippen LogP contribution in [-0.4, -0.2) is 61.9 Å². The summed E-state index contributed by atoms with van der Waals surface area (Å²) < 4.78 is 27.7. The number of piperazine rings is 1. The SMILES string of the molecule is CNS(=O)(=O)c1cc(C(=O)Nc2ccc(CN3CCN(Cc4ccccc4)CC3)cc2)n(C)c1. The fourth-order valence-corrected chi connectivity index (χ4v) is 4.92. The molecule has 4 rings (SSSR count). The van der Waals surface area contributed by atoms with Crippen LogP contribution in [0.2, 0.25) is 0 Å². The number of carbonyl (C=O) groups is 1. The number of sulfonamides is 1. The lowest BCUT2D eigenvalue weighted by molar-refractivity contribution is 0.101. The highest BCUT2D eigenvalue weighted by molar-refractivity contribution is 7.89. The fourth-order valence-electron chi connectivity index (χ4n) is 4.12. The Morgan fingerprint density at radius 3 is 2.00 bits per heavy atom. The third-order valence-electron chi connectivity index (χ3n) is 6.12. The van der Waals surface area contributed by atoms with Gasteiger partial charge in [-0.15, -0.1) is 0 Å². The predicted octanol–water partition coefficient (Wildman–Crippen LogP) is 2.50. The number of aromatic nitrogens is 1. The molecule has 0 atom stereocenters. The van der Waals surface area contributed by atoms with Crippen LogP contribution < -0.4 is 10.0 Å². The van der Waals surface area contributed by atoms with Crippen LogP contribution in [0.1, 0.15) is 21.6 Å². The Bertz CT molecular complexity index is 1220. The van der Waals surface area contributed by atoms with Crippen LogP contribution in [0.25, 0.3) is 0 Å². The molecule has 0 saturated carbocycles. The van der Waals surface area contributed by atoms with E-state index < -0.39 is 10.0 Å². The molecule has 2 heterocycles. The first-order valence-corrected chi connectivity index (χ1v) is 12.8. The molecule has 0 radical (unpaired) electrons. The number of carbonyl (C=O) groups excluding carboxylic acids is 1. The Balaban J connectivity index is 1.29. The summed E-state index contributed by atoms with van der Waals surface area (Å²) in [5.41, 5.74) is 3.48. The average molecular weight is 482 g/mol. The molecule has 1 aliphatic heterocycles. The van der Waals surface area contributed by atoms with E-state index in [1.807, 2.05) is 30.3 Å². The minimum absolute atomic E-state index is 0.0573. The van der Waals surface area contributed by atoms with Gasteiger partial charge in [0.15, 0.2) is 0 Å². The second-order valence-corrected chi connectivity index (χ2v) is 10.5. The van der Waals surface area contributed by atoms with Gasteiger partial charge in [-0.3, -0.25) is 14.6 Å². The minimum atomic E-state index is -3.60. The van der Waals surface area contributed by atoms with Crippen molar-refractivity contribution in [2.75, 3.05) is 38.5 Å². The number of amides is 1. The van der Waals surface area contributed by atoms with Gasteiger partial charge in [0.05, 0.1) is 0 Å². The summed E-state index contributed by atoms with van der Waals surface area (Å²) in [6.45, 7) is 6.01. The average Bonchev–Trinajstić information content (AvgIpc) is 3.25. The first-order valence-electron chi connectivity index (χ1n) is 11.3. The molecule has 34 heavy (non-hydrogen) atoms. The van der Waals surface area contributed by atoms with Gasteiger partial charge in [0.1, 0.15) is 10.6 Å². The van der Waals surface area contributed by atoms with E-state index in [1.54, 1.807) is 7.05 Å². The molecule has 0 aliphatic carbocycles. The number of anilines is 1. The Morgan fingerprint density at radius 1 is 0.882 bits per heavy atom. The molecule has 1 saturated heterocycles. The van der Waals surface area contributed by atoms with Gasteiger partial charge < -0.3 is 9.88 Å². The van der Waals surface area contributed by atoms with Crippen LogP contribution >= 0.6 is 0 Å². The number of hydrogen-bond acceptors (Lipinski definition) is 5. The zero-order chi connectivity index (χ0) is 24.1. The van der Waals surface area contributed by atoms with Crippen LogP contribution in [0.4, 0.5) is 5.69 Å². The van der Waals surface area contributed by atoms with Crippen molar-refractivity contribution in [2.24, 2.45) is 7.05 Å². The van der Waals surface area contributed by atoms with Crippen molar-refractivity contribution in [2.45, 2.75) is 18.0 Å². The molecule has 2 aromatic carbocycles. The maximum absolute atomic E-state index is 12.7. The zero-order valence-corrected chi connectivity index (χ0v) is 20.4. The lowest BCUT2D eigenvalue weighted by Gasteiger charge is -2.34. The standard InChI is InChI=1S/C25H31N5O3S/c1-26-34(32,33)23-16-24(28(2)19-23)25(31)27-22-10-8-21(9-11-22)18-30-14-12-29(13-15-30)17-20-6-4-3-5-7-20/h3-11,16,19,26H,12-15,17-18H2,1-2H3,(H,27,31). The molecule has 3 aromatic rings. The molecule has 180 valence electrons. The highest BCUT2D eigenvalue weighted by atomic mass is 32.2. The first-order chi connectivity index (χ1) is 16.3. The fraction of sp³-hybridized carbons (Fsp3) is 0.320. The Hall–Kier alpha value is -2.98. The third kappa shape index (κ3) is 5.92. The van der Waals surface area contributed by atoms with Crippen molar-refractivity contribution >= 4 is 21.6 Å². The van der Waals surface area contributed by atoms with Gasteiger partial charge in [-0.2, -0.15) is 0 Å². The summed E-state index contributed by atoms with van der Waals surface area (Å²) in [5, 5.41) is 2.85. The van der Waals surface area contributed by atoms with Gasteiger partial charge in [-0.1, -0.05) is 42.5 Å². The lowest BCUT2D eigenvalue weighted by Crippen LogP contribution is -2.45. The van der Waals surface area contributed by atoms with Crippen LogP contribution in [-0.2, 0) is 30.2 Å². The molecule has 8 nitrogen and oxygen atoms in total. The molecular weight excluding hydrogens is 450 g/mol. The third-order valence-corrected chi connectivity index (χ3v) is 7.50. The van der Waals surface area contributed by atoms with Crippen molar-refractivity contribution < 1.29 is 13.2 Å². The maximum Gasteiger partial charge on any atom is 0.272 e. The number of rotatable bonds is 8. The number of benzene rings is 2. The quantitative estimate of drug-likeness (QED) is 0.516. The Labute approximate surface area is 201 Å².